The number of nitrogens with zero attached hydrogens (tertiary/aromatic N) is 1. The van der Waals surface area contributed by atoms with Gasteiger partial charge in [0.15, 0.2) is 0 Å². The Morgan fingerprint density at radius 2 is 0.893 bits per heavy atom. The predicted molar refractivity (Wildman–Crippen MR) is 119 cm³/mol. The van der Waals surface area contributed by atoms with Crippen molar-refractivity contribution in [1.29, 1.82) is 0 Å². The van der Waals surface area contributed by atoms with Crippen LogP contribution in [0.1, 0.15) is 22.3 Å². The molecule has 28 heavy (non-hydrogen) atoms. The highest BCUT2D eigenvalue weighted by Crippen LogP contribution is 2.31. The quantitative estimate of drug-likeness (QED) is 0.372. The van der Waals surface area contributed by atoms with Crippen LogP contribution in [0.2, 0.25) is 0 Å². The van der Waals surface area contributed by atoms with Crippen LogP contribution >= 0.6 is 0 Å². The molecule has 3 aromatic carbocycles. The topological polar surface area (TPSA) is 12.9 Å². The summed E-state index contributed by atoms with van der Waals surface area (Å²) in [6.07, 6.45) is 1.99. The summed E-state index contributed by atoms with van der Waals surface area (Å²) in [6.45, 7) is 8.65. The third-order valence-electron chi connectivity index (χ3n) is 5.48. The smallest absolute Gasteiger partial charge is 0.0702 e. The van der Waals surface area contributed by atoms with Crippen molar-refractivity contribution in [3.8, 4) is 33.5 Å². The standard InChI is InChI=1S/C27H25N/c1-18-7-5-8-19(2)26(18)23-13-11-22(12-14-23)25-16-15-24(17-28-25)27-20(3)9-6-10-21(27)4/h5-17H,1-4H3. The largest absolute Gasteiger partial charge is 0.256 e. The average molecular weight is 364 g/mol. The summed E-state index contributed by atoms with van der Waals surface area (Å²) in [6, 6.07) is 25.9. The summed E-state index contributed by atoms with van der Waals surface area (Å²) in [5, 5.41) is 0. The van der Waals surface area contributed by atoms with Crippen LogP contribution in [0, 0.1) is 27.7 Å². The maximum atomic E-state index is 4.75. The molecule has 1 nitrogen and oxygen atoms in total. The molecule has 138 valence electrons. The van der Waals surface area contributed by atoms with E-state index in [0.717, 1.165) is 11.3 Å². The van der Waals surface area contributed by atoms with E-state index in [1.54, 1.807) is 0 Å². The molecule has 0 spiro atoms. The Labute approximate surface area is 167 Å². The molecule has 1 heterocycles. The number of aromatic nitrogens is 1. The van der Waals surface area contributed by atoms with Gasteiger partial charge in [-0.25, -0.2) is 0 Å². The van der Waals surface area contributed by atoms with Gasteiger partial charge >= 0.3 is 0 Å². The van der Waals surface area contributed by atoms with Gasteiger partial charge in [0.25, 0.3) is 0 Å². The zero-order valence-electron chi connectivity index (χ0n) is 17.0. The molecule has 4 rings (SSSR count). The first kappa shape index (κ1) is 18.2. The molecule has 0 amide bonds. The number of benzene rings is 3. The first-order valence-electron chi connectivity index (χ1n) is 9.74. The van der Waals surface area contributed by atoms with Crippen LogP contribution in [0.25, 0.3) is 33.5 Å². The second-order valence-electron chi connectivity index (χ2n) is 7.54. The van der Waals surface area contributed by atoms with Gasteiger partial charge in [0, 0.05) is 17.3 Å². The van der Waals surface area contributed by atoms with Crippen LogP contribution in [0.4, 0.5) is 0 Å². The van der Waals surface area contributed by atoms with E-state index in [9.17, 15) is 0 Å². The van der Waals surface area contributed by atoms with Crippen molar-refractivity contribution in [3.63, 3.8) is 0 Å². The van der Waals surface area contributed by atoms with Crippen molar-refractivity contribution in [1.82, 2.24) is 4.98 Å². The van der Waals surface area contributed by atoms with Crippen molar-refractivity contribution in [2.45, 2.75) is 27.7 Å². The highest BCUT2D eigenvalue weighted by Gasteiger charge is 2.08. The summed E-state index contributed by atoms with van der Waals surface area (Å²) < 4.78 is 0. The van der Waals surface area contributed by atoms with E-state index in [0.29, 0.717) is 0 Å². The fourth-order valence-corrected chi connectivity index (χ4v) is 4.06. The Morgan fingerprint density at radius 3 is 1.36 bits per heavy atom. The van der Waals surface area contributed by atoms with Gasteiger partial charge in [-0.1, -0.05) is 66.7 Å². The van der Waals surface area contributed by atoms with Gasteiger partial charge in [0.05, 0.1) is 5.69 Å². The zero-order chi connectivity index (χ0) is 19.7. The third kappa shape index (κ3) is 3.36. The minimum absolute atomic E-state index is 1.00. The second kappa shape index (κ2) is 7.44. The summed E-state index contributed by atoms with van der Waals surface area (Å²) >= 11 is 0. The Morgan fingerprint density at radius 1 is 0.464 bits per heavy atom. The average Bonchev–Trinajstić information content (AvgIpc) is 2.69. The van der Waals surface area contributed by atoms with E-state index in [4.69, 9.17) is 4.98 Å². The van der Waals surface area contributed by atoms with Crippen molar-refractivity contribution >= 4 is 0 Å². The molecule has 0 aliphatic heterocycles. The molecule has 0 radical (unpaired) electrons. The van der Waals surface area contributed by atoms with Crippen LogP contribution in [0.5, 0.6) is 0 Å². The van der Waals surface area contributed by atoms with Gasteiger partial charge in [-0.15, -0.1) is 0 Å². The summed E-state index contributed by atoms with van der Waals surface area (Å²) in [5.74, 6) is 0. The first-order chi connectivity index (χ1) is 13.5. The Hall–Kier alpha value is -3.19. The molecule has 0 fully saturated rings. The lowest BCUT2D eigenvalue weighted by atomic mass is 9.94. The molecule has 1 aromatic heterocycles. The summed E-state index contributed by atoms with van der Waals surface area (Å²) in [7, 11) is 0. The van der Waals surface area contributed by atoms with Gasteiger partial charge < -0.3 is 0 Å². The number of aryl methyl sites for hydroxylation is 4. The minimum Gasteiger partial charge on any atom is -0.256 e. The highest BCUT2D eigenvalue weighted by molar-refractivity contribution is 5.75. The minimum atomic E-state index is 1.00. The normalized spacial score (nSPS) is 10.9. The van der Waals surface area contributed by atoms with E-state index in [1.807, 2.05) is 6.20 Å². The lowest BCUT2D eigenvalue weighted by molar-refractivity contribution is 1.30. The van der Waals surface area contributed by atoms with Crippen LogP contribution < -0.4 is 0 Å². The predicted octanol–water partition coefficient (Wildman–Crippen LogP) is 7.32. The van der Waals surface area contributed by atoms with Gasteiger partial charge in [0.1, 0.15) is 0 Å². The van der Waals surface area contributed by atoms with Crippen LogP contribution in [-0.2, 0) is 0 Å². The highest BCUT2D eigenvalue weighted by atomic mass is 14.7. The lowest BCUT2D eigenvalue weighted by Crippen LogP contribution is -1.91. The Kier molecular flexibility index (Phi) is 4.83. The van der Waals surface area contributed by atoms with Gasteiger partial charge in [-0.05, 0) is 72.7 Å². The molecular weight excluding hydrogens is 338 g/mol. The fraction of sp³-hybridized carbons (Fsp3) is 0.148. The molecule has 0 N–H and O–H groups in total. The maximum absolute atomic E-state index is 4.75. The van der Waals surface area contributed by atoms with Crippen molar-refractivity contribution < 1.29 is 0 Å². The van der Waals surface area contributed by atoms with Gasteiger partial charge in [-0.2, -0.15) is 0 Å². The third-order valence-corrected chi connectivity index (χ3v) is 5.48. The van der Waals surface area contributed by atoms with E-state index in [1.165, 1.54) is 44.5 Å². The monoisotopic (exact) mass is 363 g/mol. The first-order valence-corrected chi connectivity index (χ1v) is 9.74. The number of pyridine rings is 1. The van der Waals surface area contributed by atoms with Crippen molar-refractivity contribution in [2.24, 2.45) is 0 Å². The number of rotatable bonds is 3. The SMILES string of the molecule is Cc1cccc(C)c1-c1ccc(-c2ccc(-c3c(C)cccc3C)cn2)cc1. The molecule has 0 atom stereocenters. The molecule has 0 aliphatic rings. The fourth-order valence-electron chi connectivity index (χ4n) is 4.06. The van der Waals surface area contributed by atoms with E-state index >= 15 is 0 Å². The lowest BCUT2D eigenvalue weighted by Gasteiger charge is -2.12. The number of hydrogen-bond acceptors (Lipinski definition) is 1. The summed E-state index contributed by atoms with van der Waals surface area (Å²) in [5.41, 5.74) is 12.4. The molecule has 4 aromatic rings. The molecule has 0 saturated heterocycles. The van der Waals surface area contributed by atoms with Crippen molar-refractivity contribution in [3.05, 3.63) is 101 Å². The molecule has 0 aliphatic carbocycles. The van der Waals surface area contributed by atoms with Gasteiger partial charge in [-0.3, -0.25) is 4.98 Å². The Balaban J connectivity index is 1.65. The Bertz CT molecular complexity index is 987. The molecule has 0 unspecified atom stereocenters. The van der Waals surface area contributed by atoms with Crippen LogP contribution in [0.15, 0.2) is 79.0 Å². The molecular formula is C27H25N. The van der Waals surface area contributed by atoms with E-state index in [2.05, 4.69) is 100 Å². The van der Waals surface area contributed by atoms with Crippen LogP contribution in [-0.4, -0.2) is 4.98 Å². The van der Waals surface area contributed by atoms with Gasteiger partial charge in [0.2, 0.25) is 0 Å². The maximum Gasteiger partial charge on any atom is 0.0702 e. The molecule has 0 bridgehead atoms. The van der Waals surface area contributed by atoms with E-state index in [-0.39, 0.29) is 0 Å². The van der Waals surface area contributed by atoms with Crippen LogP contribution in [0.3, 0.4) is 0 Å². The molecule has 1 heteroatoms. The molecule has 0 saturated carbocycles. The second-order valence-corrected chi connectivity index (χ2v) is 7.54. The zero-order valence-corrected chi connectivity index (χ0v) is 17.0. The van der Waals surface area contributed by atoms with E-state index < -0.39 is 0 Å². The van der Waals surface area contributed by atoms with Crippen molar-refractivity contribution in [2.75, 3.05) is 0 Å². The number of hydrogen-bond donors (Lipinski definition) is 0. The summed E-state index contributed by atoms with van der Waals surface area (Å²) in [4.78, 5) is 4.75.